The van der Waals surface area contributed by atoms with E-state index in [4.69, 9.17) is 14.5 Å². The molecule has 2 atom stereocenters. The second-order valence-corrected chi connectivity index (χ2v) is 14.7. The van der Waals surface area contributed by atoms with Gasteiger partial charge in [0.05, 0.1) is 20.3 Å². The van der Waals surface area contributed by atoms with Crippen molar-refractivity contribution in [2.45, 2.75) is 44.3 Å². The number of benzene rings is 8. The first-order valence-electron chi connectivity index (χ1n) is 19.4. The van der Waals surface area contributed by atoms with E-state index in [1.807, 2.05) is 72.9 Å². The van der Waals surface area contributed by atoms with E-state index < -0.39 is 0 Å². The molecule has 8 aromatic rings. The summed E-state index contributed by atoms with van der Waals surface area (Å²) in [6, 6.07) is 45.1. The molecular weight excluding hydrogens is 693 g/mol. The summed E-state index contributed by atoms with van der Waals surface area (Å²) in [6.45, 7) is 0.472. The van der Waals surface area contributed by atoms with Gasteiger partial charge in [0.1, 0.15) is 23.0 Å². The third-order valence-corrected chi connectivity index (χ3v) is 11.6. The van der Waals surface area contributed by atoms with Crippen LogP contribution in [0.1, 0.15) is 36.8 Å². The van der Waals surface area contributed by atoms with Crippen LogP contribution in [-0.2, 0) is 6.54 Å². The number of nitrogens with one attached hydrogen (secondary N) is 1. The summed E-state index contributed by atoms with van der Waals surface area (Å²) in [6.07, 6.45) is 5.91. The molecule has 1 aliphatic rings. The van der Waals surface area contributed by atoms with Crippen molar-refractivity contribution in [1.29, 1.82) is 0 Å². The van der Waals surface area contributed by atoms with Crippen molar-refractivity contribution in [3.63, 3.8) is 0 Å². The van der Waals surface area contributed by atoms with Crippen LogP contribution in [0.2, 0.25) is 0 Å². The van der Waals surface area contributed by atoms with Crippen molar-refractivity contribution in [2.24, 2.45) is 4.99 Å². The first-order chi connectivity index (χ1) is 27.5. The van der Waals surface area contributed by atoms with Gasteiger partial charge in [0.15, 0.2) is 0 Å². The van der Waals surface area contributed by atoms with Gasteiger partial charge in [-0.3, -0.25) is 4.99 Å². The summed E-state index contributed by atoms with van der Waals surface area (Å²) in [5, 5.41) is 36.2. The number of aliphatic imine (C=N–C) groups is 1. The molecule has 3 N–H and O–H groups in total. The minimum Gasteiger partial charge on any atom is -0.507 e. The second-order valence-electron chi connectivity index (χ2n) is 14.7. The summed E-state index contributed by atoms with van der Waals surface area (Å²) in [7, 11) is 3.36. The highest BCUT2D eigenvalue weighted by atomic mass is 16.5. The molecule has 6 heteroatoms. The number of nitrogens with zero attached hydrogens (tertiary/aromatic N) is 1. The minimum atomic E-state index is -0.00890. The predicted molar refractivity (Wildman–Crippen MR) is 231 cm³/mol. The number of hydrogen-bond acceptors (Lipinski definition) is 6. The van der Waals surface area contributed by atoms with E-state index in [1.165, 1.54) is 0 Å². The van der Waals surface area contributed by atoms with Crippen LogP contribution in [0.25, 0.3) is 65.3 Å². The molecular formula is C50H44N2O4. The molecule has 8 aromatic carbocycles. The number of ether oxygens (including phenoxy) is 2. The Morgan fingerprint density at radius 1 is 0.571 bits per heavy atom. The van der Waals surface area contributed by atoms with Crippen LogP contribution >= 0.6 is 0 Å². The maximum atomic E-state index is 12.1. The van der Waals surface area contributed by atoms with Crippen LogP contribution in [0.15, 0.2) is 138 Å². The molecule has 0 bridgehead atoms. The Labute approximate surface area is 326 Å². The molecule has 0 aliphatic heterocycles. The van der Waals surface area contributed by atoms with Crippen molar-refractivity contribution in [3.05, 3.63) is 145 Å². The zero-order valence-electron chi connectivity index (χ0n) is 31.6. The van der Waals surface area contributed by atoms with E-state index in [1.54, 1.807) is 14.2 Å². The number of phenols is 2. The minimum absolute atomic E-state index is 0.00890. The predicted octanol–water partition coefficient (Wildman–Crippen LogP) is 11.6. The fraction of sp³-hybridized carbons (Fsp3) is 0.180. The van der Waals surface area contributed by atoms with Crippen LogP contribution in [-0.4, -0.2) is 42.7 Å². The number of phenolic OH excluding ortho intramolecular Hbond substituents is 2. The zero-order chi connectivity index (χ0) is 38.2. The van der Waals surface area contributed by atoms with Crippen molar-refractivity contribution < 1.29 is 19.7 Å². The van der Waals surface area contributed by atoms with Gasteiger partial charge in [-0.05, 0) is 80.2 Å². The zero-order valence-corrected chi connectivity index (χ0v) is 31.6. The molecule has 0 radical (unpaired) electrons. The number of hydrogen-bond donors (Lipinski definition) is 3. The maximum absolute atomic E-state index is 12.1. The third-order valence-electron chi connectivity index (χ3n) is 11.6. The van der Waals surface area contributed by atoms with Gasteiger partial charge in [-0.15, -0.1) is 0 Å². The fourth-order valence-electron chi connectivity index (χ4n) is 8.80. The van der Waals surface area contributed by atoms with Crippen LogP contribution in [0, 0.1) is 0 Å². The second kappa shape index (κ2) is 15.0. The van der Waals surface area contributed by atoms with Crippen molar-refractivity contribution >= 4 is 49.3 Å². The lowest BCUT2D eigenvalue weighted by Gasteiger charge is -2.30. The van der Waals surface area contributed by atoms with Crippen molar-refractivity contribution in [3.8, 4) is 45.3 Å². The first kappa shape index (κ1) is 35.3. The molecule has 1 aliphatic carbocycles. The van der Waals surface area contributed by atoms with Gasteiger partial charge in [-0.2, -0.15) is 0 Å². The maximum Gasteiger partial charge on any atom is 0.132 e. The first-order valence-corrected chi connectivity index (χ1v) is 19.4. The lowest BCUT2D eigenvalue weighted by Crippen LogP contribution is -2.40. The summed E-state index contributed by atoms with van der Waals surface area (Å²) in [5.74, 6) is 1.85. The Morgan fingerprint density at radius 3 is 1.62 bits per heavy atom. The molecule has 0 heterocycles. The largest absolute Gasteiger partial charge is 0.507 e. The number of aromatic hydroxyl groups is 2. The van der Waals surface area contributed by atoms with E-state index >= 15 is 0 Å². The molecule has 6 nitrogen and oxygen atoms in total. The SMILES string of the molecule is COc1ccc2ccccc2c1-c1c(O)c(C=NC2CCCC[C@H]2NCc2cc3ccccc3c(-c3c(OC)ccc4ccccc34)c2O)cc2ccccc12. The van der Waals surface area contributed by atoms with Crippen LogP contribution in [0.4, 0.5) is 0 Å². The van der Waals surface area contributed by atoms with Crippen LogP contribution < -0.4 is 14.8 Å². The van der Waals surface area contributed by atoms with Gasteiger partial charge in [0, 0.05) is 52.2 Å². The molecule has 0 saturated heterocycles. The normalized spacial score (nSPS) is 16.0. The monoisotopic (exact) mass is 736 g/mol. The molecule has 0 aromatic heterocycles. The Morgan fingerprint density at radius 2 is 1.05 bits per heavy atom. The van der Waals surface area contributed by atoms with E-state index in [9.17, 15) is 10.2 Å². The molecule has 56 heavy (non-hydrogen) atoms. The lowest BCUT2D eigenvalue weighted by molar-refractivity contribution is 0.327. The highest BCUT2D eigenvalue weighted by Crippen LogP contribution is 2.48. The number of methoxy groups -OCH3 is 2. The Balaban J connectivity index is 1.07. The molecule has 0 amide bonds. The highest BCUT2D eigenvalue weighted by molar-refractivity contribution is 6.13. The standard InChI is InChI=1S/C50H44N2O4/c1-55-43-25-23-31-13-3-7-17-37(31)45(43)47-39-19-9-5-15-33(39)27-35(49(47)53)29-51-41-21-11-12-22-42(41)52-30-36-28-34-16-6-10-20-40(34)48(50(36)54)46-38-18-8-4-14-32(38)24-26-44(46)56-2/h3-10,13-20,23-29,41-42,52-54H,11-12,21-22,30H2,1-2H3/t41?,42-/m1/s1. The van der Waals surface area contributed by atoms with Crippen molar-refractivity contribution in [2.75, 3.05) is 14.2 Å². The van der Waals surface area contributed by atoms with Crippen LogP contribution in [0.3, 0.4) is 0 Å². The van der Waals surface area contributed by atoms with Gasteiger partial charge < -0.3 is 25.0 Å². The third kappa shape index (κ3) is 6.26. The molecule has 1 unspecified atom stereocenters. The topological polar surface area (TPSA) is 83.3 Å². The van der Waals surface area contributed by atoms with E-state index in [0.717, 1.165) is 102 Å². The fourth-order valence-corrected chi connectivity index (χ4v) is 8.80. The van der Waals surface area contributed by atoms with Gasteiger partial charge in [-0.25, -0.2) is 0 Å². The molecule has 278 valence electrons. The summed E-state index contributed by atoms with van der Waals surface area (Å²) < 4.78 is 11.8. The summed E-state index contributed by atoms with van der Waals surface area (Å²) >= 11 is 0. The Kier molecular flexibility index (Phi) is 9.49. The summed E-state index contributed by atoms with van der Waals surface area (Å²) in [4.78, 5) is 5.19. The van der Waals surface area contributed by atoms with Gasteiger partial charge in [-0.1, -0.05) is 122 Å². The Hall–Kier alpha value is -6.37. The van der Waals surface area contributed by atoms with E-state index in [0.29, 0.717) is 17.9 Å². The van der Waals surface area contributed by atoms with Crippen LogP contribution in [0.5, 0.6) is 23.0 Å². The summed E-state index contributed by atoms with van der Waals surface area (Å²) in [5.41, 5.74) is 4.75. The van der Waals surface area contributed by atoms with E-state index in [2.05, 4.69) is 72.0 Å². The van der Waals surface area contributed by atoms with Gasteiger partial charge >= 0.3 is 0 Å². The molecule has 0 spiro atoms. The lowest BCUT2D eigenvalue weighted by atomic mass is 9.89. The van der Waals surface area contributed by atoms with Gasteiger partial charge in [0.2, 0.25) is 0 Å². The quantitative estimate of drug-likeness (QED) is 0.129. The molecule has 1 saturated carbocycles. The number of fused-ring (bicyclic) bond motifs is 4. The average Bonchev–Trinajstić information content (AvgIpc) is 3.25. The van der Waals surface area contributed by atoms with E-state index in [-0.39, 0.29) is 23.6 Å². The molecule has 1 fully saturated rings. The van der Waals surface area contributed by atoms with Gasteiger partial charge in [0.25, 0.3) is 0 Å². The average molecular weight is 737 g/mol. The smallest absolute Gasteiger partial charge is 0.132 e. The Bertz CT molecular complexity index is 2790. The van der Waals surface area contributed by atoms with Crippen molar-refractivity contribution in [1.82, 2.24) is 5.32 Å². The molecule has 9 rings (SSSR count). The highest BCUT2D eigenvalue weighted by Gasteiger charge is 2.26. The number of rotatable bonds is 9.